The number of allylic oxidation sites excluding steroid dienone is 1. The molecule has 0 aliphatic carbocycles. The SMILES string of the molecule is COc1cc(C=CC(=O)c2cccc(-n3cc(-c4ccco4)[nH]c3=O)c2)cc(CO)c1CO. The topological polar surface area (TPSA) is 118 Å². The highest BCUT2D eigenvalue weighted by molar-refractivity contribution is 6.07. The van der Waals surface area contributed by atoms with Gasteiger partial charge in [-0.25, -0.2) is 4.79 Å². The van der Waals surface area contributed by atoms with E-state index in [1.165, 1.54) is 24.0 Å². The van der Waals surface area contributed by atoms with Gasteiger partial charge in [-0.3, -0.25) is 9.36 Å². The van der Waals surface area contributed by atoms with Crippen molar-refractivity contribution in [3.05, 3.63) is 99.8 Å². The van der Waals surface area contributed by atoms with E-state index in [2.05, 4.69) is 4.98 Å². The molecule has 4 aromatic rings. The summed E-state index contributed by atoms with van der Waals surface area (Å²) in [4.78, 5) is 27.9. The van der Waals surface area contributed by atoms with Gasteiger partial charge in [0.05, 0.1) is 32.3 Å². The summed E-state index contributed by atoms with van der Waals surface area (Å²) in [6.45, 7) is -0.537. The standard InChI is InChI=1S/C25H22N2O6/c1-32-24-11-16(10-18(14-28)20(24)15-29)7-8-22(30)17-4-2-5-19(12-17)27-13-21(26-25(27)31)23-6-3-9-33-23/h2-13,28-29H,14-15H2,1H3,(H,26,31). The molecule has 4 rings (SSSR count). The van der Waals surface area contributed by atoms with Crippen molar-refractivity contribution < 1.29 is 24.2 Å². The van der Waals surface area contributed by atoms with Gasteiger partial charge in [0, 0.05) is 17.3 Å². The molecule has 168 valence electrons. The number of benzene rings is 2. The van der Waals surface area contributed by atoms with Gasteiger partial charge in [0.1, 0.15) is 11.4 Å². The maximum atomic E-state index is 12.8. The lowest BCUT2D eigenvalue weighted by Gasteiger charge is -2.12. The van der Waals surface area contributed by atoms with Gasteiger partial charge in [-0.05, 0) is 53.6 Å². The number of ketones is 1. The fourth-order valence-corrected chi connectivity index (χ4v) is 3.55. The number of ether oxygens (including phenoxy) is 1. The molecule has 2 aromatic heterocycles. The molecule has 0 radical (unpaired) electrons. The van der Waals surface area contributed by atoms with Gasteiger partial charge in [0.2, 0.25) is 0 Å². The van der Waals surface area contributed by atoms with Crippen molar-refractivity contribution in [3.63, 3.8) is 0 Å². The van der Waals surface area contributed by atoms with Crippen molar-refractivity contribution in [2.45, 2.75) is 13.2 Å². The number of nitrogens with one attached hydrogen (secondary N) is 1. The first-order valence-electron chi connectivity index (χ1n) is 10.1. The van der Waals surface area contributed by atoms with Crippen molar-refractivity contribution in [3.8, 4) is 22.9 Å². The van der Waals surface area contributed by atoms with Gasteiger partial charge in [-0.2, -0.15) is 0 Å². The van der Waals surface area contributed by atoms with Crippen molar-refractivity contribution in [2.75, 3.05) is 7.11 Å². The monoisotopic (exact) mass is 446 g/mol. The minimum Gasteiger partial charge on any atom is -0.496 e. The molecule has 0 saturated carbocycles. The second-order valence-corrected chi connectivity index (χ2v) is 7.25. The second-order valence-electron chi connectivity index (χ2n) is 7.25. The molecular weight excluding hydrogens is 424 g/mol. The zero-order chi connectivity index (χ0) is 23.4. The van der Waals surface area contributed by atoms with Crippen LogP contribution < -0.4 is 10.4 Å². The van der Waals surface area contributed by atoms with E-state index in [1.54, 1.807) is 60.8 Å². The van der Waals surface area contributed by atoms with Crippen molar-refractivity contribution in [1.82, 2.24) is 9.55 Å². The third kappa shape index (κ3) is 4.57. The molecule has 0 aliphatic heterocycles. The van der Waals surface area contributed by atoms with E-state index >= 15 is 0 Å². The molecule has 0 atom stereocenters. The largest absolute Gasteiger partial charge is 0.496 e. The van der Waals surface area contributed by atoms with E-state index < -0.39 is 0 Å². The molecule has 0 aliphatic rings. The van der Waals surface area contributed by atoms with Gasteiger partial charge in [0.15, 0.2) is 11.5 Å². The molecule has 0 amide bonds. The number of aliphatic hydroxyl groups is 2. The Labute approximate surface area is 189 Å². The predicted molar refractivity (Wildman–Crippen MR) is 122 cm³/mol. The van der Waals surface area contributed by atoms with Crippen LogP contribution in [0.15, 0.2) is 76.3 Å². The van der Waals surface area contributed by atoms with E-state index in [0.717, 1.165) is 0 Å². The maximum Gasteiger partial charge on any atom is 0.330 e. The Balaban J connectivity index is 1.60. The number of hydrogen-bond donors (Lipinski definition) is 3. The molecule has 0 saturated heterocycles. The average Bonchev–Trinajstić information content (AvgIpc) is 3.51. The Morgan fingerprint density at radius 1 is 1.15 bits per heavy atom. The number of nitrogens with zero attached hydrogens (tertiary/aromatic N) is 1. The Morgan fingerprint density at radius 3 is 2.70 bits per heavy atom. The average molecular weight is 446 g/mol. The molecule has 0 fully saturated rings. The first-order chi connectivity index (χ1) is 16.0. The second kappa shape index (κ2) is 9.56. The summed E-state index contributed by atoms with van der Waals surface area (Å²) in [5.41, 5.74) is 2.77. The van der Waals surface area contributed by atoms with E-state index in [4.69, 9.17) is 9.15 Å². The molecule has 8 heteroatoms. The first-order valence-corrected chi connectivity index (χ1v) is 10.1. The van der Waals surface area contributed by atoms with Crippen LogP contribution >= 0.6 is 0 Å². The lowest BCUT2D eigenvalue weighted by Crippen LogP contribution is -2.14. The molecule has 8 nitrogen and oxygen atoms in total. The zero-order valence-corrected chi connectivity index (χ0v) is 17.8. The van der Waals surface area contributed by atoms with Crippen LogP contribution in [0.1, 0.15) is 27.0 Å². The normalized spacial score (nSPS) is 11.2. The summed E-state index contributed by atoms with van der Waals surface area (Å²) in [7, 11) is 1.47. The van der Waals surface area contributed by atoms with Crippen molar-refractivity contribution in [2.24, 2.45) is 0 Å². The summed E-state index contributed by atoms with van der Waals surface area (Å²) in [5, 5.41) is 19.1. The van der Waals surface area contributed by atoms with Crippen LogP contribution in [0.3, 0.4) is 0 Å². The molecule has 3 N–H and O–H groups in total. The number of carbonyl (C=O) groups excluding carboxylic acids is 1. The van der Waals surface area contributed by atoms with Crippen LogP contribution in [0.5, 0.6) is 5.75 Å². The number of furan rings is 1. The predicted octanol–water partition coefficient (Wildman–Crippen LogP) is 3.31. The molecule has 0 bridgehead atoms. The third-order valence-corrected chi connectivity index (χ3v) is 5.21. The Bertz CT molecular complexity index is 1340. The molecule has 0 unspecified atom stereocenters. The molecule has 2 aromatic carbocycles. The summed E-state index contributed by atoms with van der Waals surface area (Å²) in [6.07, 6.45) is 6.15. The number of hydrogen-bond acceptors (Lipinski definition) is 6. The lowest BCUT2D eigenvalue weighted by atomic mass is 10.0. The molecule has 2 heterocycles. The van der Waals surface area contributed by atoms with Gasteiger partial charge in [0.25, 0.3) is 0 Å². The van der Waals surface area contributed by atoms with Crippen molar-refractivity contribution >= 4 is 11.9 Å². The Kier molecular flexibility index (Phi) is 6.39. The van der Waals surface area contributed by atoms with Crippen LogP contribution in [0, 0.1) is 0 Å². The quantitative estimate of drug-likeness (QED) is 0.282. The summed E-state index contributed by atoms with van der Waals surface area (Å²) in [6, 6.07) is 13.6. The molecular formula is C25H22N2O6. The van der Waals surface area contributed by atoms with Crippen LogP contribution in [-0.2, 0) is 13.2 Å². The van der Waals surface area contributed by atoms with E-state index in [1.807, 2.05) is 0 Å². The number of methoxy groups -OCH3 is 1. The van der Waals surface area contributed by atoms with Gasteiger partial charge in [-0.15, -0.1) is 0 Å². The van der Waals surface area contributed by atoms with Gasteiger partial charge >= 0.3 is 5.69 Å². The minimum absolute atomic E-state index is 0.262. The number of H-pyrrole nitrogens is 1. The highest BCUT2D eigenvalue weighted by atomic mass is 16.5. The summed E-state index contributed by atoms with van der Waals surface area (Å²) in [5.74, 6) is 0.700. The van der Waals surface area contributed by atoms with Crippen LogP contribution in [0.4, 0.5) is 0 Å². The lowest BCUT2D eigenvalue weighted by molar-refractivity contribution is 0.104. The number of aromatic nitrogens is 2. The summed E-state index contributed by atoms with van der Waals surface area (Å²) >= 11 is 0. The number of aromatic amines is 1. The van der Waals surface area contributed by atoms with E-state index in [9.17, 15) is 19.8 Å². The highest BCUT2D eigenvalue weighted by Gasteiger charge is 2.12. The fourth-order valence-electron chi connectivity index (χ4n) is 3.55. The van der Waals surface area contributed by atoms with Crippen LogP contribution in [0.2, 0.25) is 0 Å². The fraction of sp³-hybridized carbons (Fsp3) is 0.120. The van der Waals surface area contributed by atoms with Crippen LogP contribution in [0.25, 0.3) is 23.2 Å². The first kappa shape index (κ1) is 22.1. The molecule has 33 heavy (non-hydrogen) atoms. The minimum atomic E-state index is -0.353. The number of rotatable bonds is 8. The van der Waals surface area contributed by atoms with Crippen LogP contribution in [-0.4, -0.2) is 32.7 Å². The maximum absolute atomic E-state index is 12.8. The van der Waals surface area contributed by atoms with Gasteiger partial charge in [-0.1, -0.05) is 18.2 Å². The highest BCUT2D eigenvalue weighted by Crippen LogP contribution is 2.26. The Hall–Kier alpha value is -4.14. The number of carbonyl (C=O) groups is 1. The Morgan fingerprint density at radius 2 is 2.00 bits per heavy atom. The third-order valence-electron chi connectivity index (χ3n) is 5.21. The van der Waals surface area contributed by atoms with E-state index in [0.29, 0.717) is 45.1 Å². The molecule has 0 spiro atoms. The zero-order valence-electron chi connectivity index (χ0n) is 17.8. The number of aliphatic hydroxyl groups excluding tert-OH is 2. The van der Waals surface area contributed by atoms with E-state index in [-0.39, 0.29) is 24.7 Å². The van der Waals surface area contributed by atoms with Gasteiger partial charge < -0.3 is 24.4 Å². The number of imidazole rings is 1. The van der Waals surface area contributed by atoms with Crippen molar-refractivity contribution in [1.29, 1.82) is 0 Å². The smallest absolute Gasteiger partial charge is 0.330 e. The summed E-state index contributed by atoms with van der Waals surface area (Å²) < 4.78 is 12.0.